The van der Waals surface area contributed by atoms with Crippen molar-refractivity contribution in [2.45, 2.75) is 30.4 Å². The van der Waals surface area contributed by atoms with Gasteiger partial charge >= 0.3 is 0 Å². The van der Waals surface area contributed by atoms with Gasteiger partial charge in [-0.15, -0.1) is 11.8 Å². The Kier molecular flexibility index (Phi) is 6.08. The molecule has 0 saturated heterocycles. The Hall–Kier alpha value is -1.04. The molecule has 1 unspecified atom stereocenters. The Balaban J connectivity index is 2.16. The lowest BCUT2D eigenvalue weighted by molar-refractivity contribution is -0.119. The summed E-state index contributed by atoms with van der Waals surface area (Å²) in [6.45, 7) is 6.75. The standard InChI is InChI=1S/C16H24N2O2S/c1-3-17(10-11-19)12-16(20)18-9-8-13(2)21-15-7-5-4-6-14(15)18/h4-7,13,19H,3,8-12H2,1-2H3. The second-order valence-electron chi connectivity index (χ2n) is 5.32. The maximum Gasteiger partial charge on any atom is 0.241 e. The highest BCUT2D eigenvalue weighted by molar-refractivity contribution is 8.00. The first-order chi connectivity index (χ1) is 10.2. The topological polar surface area (TPSA) is 43.8 Å². The van der Waals surface area contributed by atoms with Crippen molar-refractivity contribution in [2.75, 3.05) is 37.7 Å². The molecule has 1 aliphatic rings. The highest BCUT2D eigenvalue weighted by atomic mass is 32.2. The monoisotopic (exact) mass is 308 g/mol. The van der Waals surface area contributed by atoms with E-state index in [2.05, 4.69) is 13.0 Å². The van der Waals surface area contributed by atoms with E-state index in [9.17, 15) is 4.79 Å². The van der Waals surface area contributed by atoms with Crippen molar-refractivity contribution in [3.63, 3.8) is 0 Å². The minimum absolute atomic E-state index is 0.0879. The average Bonchev–Trinajstić information content (AvgIpc) is 2.64. The van der Waals surface area contributed by atoms with Crippen LogP contribution in [0, 0.1) is 0 Å². The fourth-order valence-corrected chi connectivity index (χ4v) is 3.63. The lowest BCUT2D eigenvalue weighted by Gasteiger charge is -2.26. The Morgan fingerprint density at radius 3 is 2.95 bits per heavy atom. The number of anilines is 1. The summed E-state index contributed by atoms with van der Waals surface area (Å²) >= 11 is 1.84. The molecule has 0 aliphatic carbocycles. The minimum Gasteiger partial charge on any atom is -0.395 e. The van der Waals surface area contributed by atoms with Gasteiger partial charge in [-0.3, -0.25) is 9.69 Å². The van der Waals surface area contributed by atoms with Gasteiger partial charge in [-0.1, -0.05) is 26.0 Å². The first-order valence-corrected chi connectivity index (χ1v) is 8.43. The number of rotatable bonds is 5. The van der Waals surface area contributed by atoms with Gasteiger partial charge in [0.25, 0.3) is 0 Å². The molecule has 1 heterocycles. The third-order valence-electron chi connectivity index (χ3n) is 3.77. The van der Waals surface area contributed by atoms with Crippen molar-refractivity contribution in [3.8, 4) is 0 Å². The van der Waals surface area contributed by atoms with Crippen molar-refractivity contribution in [1.82, 2.24) is 4.90 Å². The van der Waals surface area contributed by atoms with Crippen LogP contribution in [0.2, 0.25) is 0 Å². The molecule has 0 radical (unpaired) electrons. The minimum atomic E-state index is 0.0879. The first-order valence-electron chi connectivity index (χ1n) is 7.55. The van der Waals surface area contributed by atoms with Crippen molar-refractivity contribution in [3.05, 3.63) is 24.3 Å². The summed E-state index contributed by atoms with van der Waals surface area (Å²) in [5.74, 6) is 0.118. The van der Waals surface area contributed by atoms with Crippen LogP contribution in [0.15, 0.2) is 29.2 Å². The van der Waals surface area contributed by atoms with Crippen molar-refractivity contribution >= 4 is 23.4 Å². The largest absolute Gasteiger partial charge is 0.395 e. The summed E-state index contributed by atoms with van der Waals surface area (Å²) in [4.78, 5) is 17.7. The summed E-state index contributed by atoms with van der Waals surface area (Å²) in [6, 6.07) is 8.13. The number of thioether (sulfide) groups is 1. The molecule has 1 aromatic rings. The molecule has 0 aromatic heterocycles. The van der Waals surface area contributed by atoms with E-state index in [4.69, 9.17) is 5.11 Å². The molecular weight excluding hydrogens is 284 g/mol. The van der Waals surface area contributed by atoms with E-state index in [1.165, 1.54) is 4.90 Å². The smallest absolute Gasteiger partial charge is 0.241 e. The molecule has 1 aromatic carbocycles. The van der Waals surface area contributed by atoms with Crippen molar-refractivity contribution in [2.24, 2.45) is 0 Å². The fraction of sp³-hybridized carbons (Fsp3) is 0.562. The van der Waals surface area contributed by atoms with Crippen LogP contribution < -0.4 is 4.90 Å². The molecule has 5 heteroatoms. The summed E-state index contributed by atoms with van der Waals surface area (Å²) < 4.78 is 0. The maximum atomic E-state index is 12.7. The van der Waals surface area contributed by atoms with Crippen LogP contribution in [0.4, 0.5) is 5.69 Å². The zero-order valence-electron chi connectivity index (χ0n) is 12.8. The predicted octanol–water partition coefficient (Wildman–Crippen LogP) is 2.22. The number of hydrogen-bond donors (Lipinski definition) is 1. The number of carbonyl (C=O) groups is 1. The molecule has 0 saturated carbocycles. The lowest BCUT2D eigenvalue weighted by Crippen LogP contribution is -2.42. The third-order valence-corrected chi connectivity index (χ3v) is 5.00. The molecule has 0 bridgehead atoms. The number of benzene rings is 1. The van der Waals surface area contributed by atoms with Crippen molar-refractivity contribution < 1.29 is 9.90 Å². The van der Waals surface area contributed by atoms with Gasteiger partial charge in [-0.25, -0.2) is 0 Å². The molecule has 0 spiro atoms. The molecule has 1 amide bonds. The molecule has 116 valence electrons. The van der Waals surface area contributed by atoms with Gasteiger partial charge in [-0.2, -0.15) is 0 Å². The normalized spacial score (nSPS) is 18.5. The van der Waals surface area contributed by atoms with E-state index in [-0.39, 0.29) is 12.5 Å². The van der Waals surface area contributed by atoms with Gasteiger partial charge in [-0.05, 0) is 25.1 Å². The molecule has 1 N–H and O–H groups in total. The number of fused-ring (bicyclic) bond motifs is 1. The quantitative estimate of drug-likeness (QED) is 0.906. The summed E-state index contributed by atoms with van der Waals surface area (Å²) in [5.41, 5.74) is 1.02. The number of carbonyl (C=O) groups excluding carboxylic acids is 1. The number of aliphatic hydroxyl groups is 1. The molecule has 1 atom stereocenters. The van der Waals surface area contributed by atoms with Gasteiger partial charge in [0.15, 0.2) is 0 Å². The molecule has 4 nitrogen and oxygen atoms in total. The zero-order valence-corrected chi connectivity index (χ0v) is 13.6. The predicted molar refractivity (Wildman–Crippen MR) is 87.9 cm³/mol. The van der Waals surface area contributed by atoms with Crippen LogP contribution in [0.1, 0.15) is 20.3 Å². The summed E-state index contributed by atoms with van der Waals surface area (Å²) in [5, 5.41) is 9.58. The van der Waals surface area contributed by atoms with Gasteiger partial charge in [0.1, 0.15) is 0 Å². The van der Waals surface area contributed by atoms with Crippen LogP contribution in [-0.2, 0) is 4.79 Å². The number of nitrogens with zero attached hydrogens (tertiary/aromatic N) is 2. The molecule has 21 heavy (non-hydrogen) atoms. The highest BCUT2D eigenvalue weighted by Crippen LogP contribution is 2.37. The SMILES string of the molecule is CCN(CCO)CC(=O)N1CCC(C)Sc2ccccc21. The molecular formula is C16H24N2O2S. The van der Waals surface area contributed by atoms with Gasteiger partial charge in [0, 0.05) is 23.2 Å². The number of amides is 1. The van der Waals surface area contributed by atoms with E-state index in [0.29, 0.717) is 18.3 Å². The van der Waals surface area contributed by atoms with E-state index >= 15 is 0 Å². The van der Waals surface area contributed by atoms with Crippen LogP contribution in [0.3, 0.4) is 0 Å². The summed E-state index contributed by atoms with van der Waals surface area (Å²) in [6.07, 6.45) is 0.997. The highest BCUT2D eigenvalue weighted by Gasteiger charge is 2.24. The maximum absolute atomic E-state index is 12.7. The van der Waals surface area contributed by atoms with E-state index in [1.807, 2.05) is 46.7 Å². The third kappa shape index (κ3) is 4.22. The Morgan fingerprint density at radius 1 is 1.48 bits per heavy atom. The Morgan fingerprint density at radius 2 is 2.24 bits per heavy atom. The van der Waals surface area contributed by atoms with E-state index < -0.39 is 0 Å². The van der Waals surface area contributed by atoms with Crippen LogP contribution >= 0.6 is 11.8 Å². The molecule has 0 fully saturated rings. The number of hydrogen-bond acceptors (Lipinski definition) is 4. The van der Waals surface area contributed by atoms with Crippen LogP contribution in [-0.4, -0.2) is 53.9 Å². The Bertz CT molecular complexity index is 481. The van der Waals surface area contributed by atoms with Crippen LogP contribution in [0.25, 0.3) is 0 Å². The van der Waals surface area contributed by atoms with Gasteiger partial charge in [0.05, 0.1) is 18.8 Å². The zero-order chi connectivity index (χ0) is 15.2. The molecule has 1 aliphatic heterocycles. The number of likely N-dealkylation sites (N-methyl/N-ethyl adjacent to an activating group) is 1. The second kappa shape index (κ2) is 7.82. The molecule has 2 rings (SSSR count). The lowest BCUT2D eigenvalue weighted by atomic mass is 10.2. The second-order valence-corrected chi connectivity index (χ2v) is 6.80. The van der Waals surface area contributed by atoms with E-state index in [1.54, 1.807) is 0 Å². The summed E-state index contributed by atoms with van der Waals surface area (Å²) in [7, 11) is 0. The number of para-hydroxylation sites is 1. The van der Waals surface area contributed by atoms with Gasteiger partial charge < -0.3 is 10.0 Å². The fourth-order valence-electron chi connectivity index (χ4n) is 2.51. The number of aliphatic hydroxyl groups excluding tert-OH is 1. The van der Waals surface area contributed by atoms with Crippen molar-refractivity contribution in [1.29, 1.82) is 0 Å². The van der Waals surface area contributed by atoms with E-state index in [0.717, 1.165) is 25.2 Å². The Labute approximate surface area is 131 Å². The first kappa shape index (κ1) is 16.3. The average molecular weight is 308 g/mol. The van der Waals surface area contributed by atoms with Crippen LogP contribution in [0.5, 0.6) is 0 Å². The van der Waals surface area contributed by atoms with Gasteiger partial charge in [0.2, 0.25) is 5.91 Å².